The number of carbonyl (C=O) groups is 1. The maximum absolute atomic E-state index is 13.1. The highest BCUT2D eigenvalue weighted by Gasteiger charge is 2.26. The fraction of sp³-hybridized carbons (Fsp3) is 0.280. The molecule has 9 nitrogen and oxygen atoms in total. The van der Waals surface area contributed by atoms with Crippen LogP contribution in [0.2, 0.25) is 0 Å². The Balaban J connectivity index is 1.97. The molecule has 0 aliphatic carbocycles. The van der Waals surface area contributed by atoms with Crippen LogP contribution in [-0.4, -0.2) is 39.5 Å². The summed E-state index contributed by atoms with van der Waals surface area (Å²) in [6.45, 7) is 1.56. The molecule has 0 aliphatic rings. The Hall–Kier alpha value is -4.14. The van der Waals surface area contributed by atoms with E-state index in [9.17, 15) is 14.7 Å². The Morgan fingerprint density at radius 1 is 0.971 bits per heavy atom. The van der Waals surface area contributed by atoms with Gasteiger partial charge in [-0.1, -0.05) is 12.1 Å². The van der Waals surface area contributed by atoms with Gasteiger partial charge in [-0.05, 0) is 24.6 Å². The minimum atomic E-state index is -0.773. The van der Waals surface area contributed by atoms with Crippen molar-refractivity contribution in [2.75, 3.05) is 33.8 Å². The van der Waals surface area contributed by atoms with Crippen LogP contribution < -0.4 is 29.9 Å². The van der Waals surface area contributed by atoms with Gasteiger partial charge < -0.3 is 33.8 Å². The number of methoxy groups -OCH3 is 4. The highest BCUT2D eigenvalue weighted by Crippen LogP contribution is 2.40. The van der Waals surface area contributed by atoms with E-state index in [-0.39, 0.29) is 23.5 Å². The fourth-order valence-electron chi connectivity index (χ4n) is 3.70. The van der Waals surface area contributed by atoms with Crippen molar-refractivity contribution in [3.63, 3.8) is 0 Å². The summed E-state index contributed by atoms with van der Waals surface area (Å²) in [5.41, 5.74) is 0.329. The largest absolute Gasteiger partial charge is 0.507 e. The second-order valence-corrected chi connectivity index (χ2v) is 7.44. The van der Waals surface area contributed by atoms with E-state index in [0.29, 0.717) is 34.2 Å². The van der Waals surface area contributed by atoms with Crippen molar-refractivity contribution >= 4 is 11.6 Å². The van der Waals surface area contributed by atoms with Crippen LogP contribution in [0, 0.1) is 6.92 Å². The van der Waals surface area contributed by atoms with E-state index in [1.165, 1.54) is 34.5 Å². The Labute approximate surface area is 196 Å². The number of rotatable bonds is 9. The number of carbonyl (C=O) groups excluding carboxylic acids is 1. The predicted octanol–water partition coefficient (Wildman–Crippen LogP) is 3.85. The Morgan fingerprint density at radius 3 is 2.09 bits per heavy atom. The SMILES string of the molecule is COc1ccc([C@@H](CC(=O)Nc2cc(OC)c(OC)c(OC)c2)c2c(O)cc(C)oc2=O)cc1. The van der Waals surface area contributed by atoms with Gasteiger partial charge in [0.1, 0.15) is 17.3 Å². The number of aryl methyl sites for hydroxylation is 1. The molecule has 0 unspecified atom stereocenters. The van der Waals surface area contributed by atoms with Crippen molar-refractivity contribution in [3.05, 3.63) is 69.8 Å². The minimum absolute atomic E-state index is 0.00388. The van der Waals surface area contributed by atoms with Crippen molar-refractivity contribution in [3.8, 4) is 28.7 Å². The average Bonchev–Trinajstić information content (AvgIpc) is 2.82. The van der Waals surface area contributed by atoms with Crippen molar-refractivity contribution < 1.29 is 33.3 Å². The number of hydrogen-bond acceptors (Lipinski definition) is 8. The molecule has 2 N–H and O–H groups in total. The highest BCUT2D eigenvalue weighted by molar-refractivity contribution is 5.92. The lowest BCUT2D eigenvalue weighted by molar-refractivity contribution is -0.116. The van der Waals surface area contributed by atoms with Gasteiger partial charge in [0.05, 0.1) is 34.0 Å². The zero-order valence-corrected chi connectivity index (χ0v) is 19.6. The molecule has 0 spiro atoms. The van der Waals surface area contributed by atoms with Crippen LogP contribution in [0.5, 0.6) is 28.7 Å². The molecule has 180 valence electrons. The average molecular weight is 469 g/mol. The van der Waals surface area contributed by atoms with Crippen molar-refractivity contribution in [1.82, 2.24) is 0 Å². The van der Waals surface area contributed by atoms with Gasteiger partial charge >= 0.3 is 5.63 Å². The number of aromatic hydroxyl groups is 1. The first-order chi connectivity index (χ1) is 16.3. The molecular weight excluding hydrogens is 442 g/mol. The molecule has 3 rings (SSSR count). The van der Waals surface area contributed by atoms with Gasteiger partial charge in [0.15, 0.2) is 11.5 Å². The smallest absolute Gasteiger partial charge is 0.343 e. The van der Waals surface area contributed by atoms with Gasteiger partial charge in [0.25, 0.3) is 0 Å². The molecule has 1 heterocycles. The summed E-state index contributed by atoms with van der Waals surface area (Å²) in [6, 6.07) is 11.4. The second-order valence-electron chi connectivity index (χ2n) is 7.44. The van der Waals surface area contributed by atoms with Gasteiger partial charge in [-0.3, -0.25) is 4.79 Å². The normalized spacial score (nSPS) is 11.4. The number of amides is 1. The van der Waals surface area contributed by atoms with Crippen LogP contribution in [0.15, 0.2) is 51.7 Å². The van der Waals surface area contributed by atoms with Crippen LogP contribution >= 0.6 is 0 Å². The second kappa shape index (κ2) is 10.7. The predicted molar refractivity (Wildman–Crippen MR) is 126 cm³/mol. The Bertz CT molecular complexity index is 1190. The number of ether oxygens (including phenoxy) is 4. The topological polar surface area (TPSA) is 116 Å². The van der Waals surface area contributed by atoms with Gasteiger partial charge in [-0.25, -0.2) is 4.79 Å². The molecule has 0 saturated carbocycles. The molecule has 2 aromatic carbocycles. The summed E-state index contributed by atoms with van der Waals surface area (Å²) in [5.74, 6) is 0.600. The maximum atomic E-state index is 13.1. The van der Waals surface area contributed by atoms with Crippen molar-refractivity contribution in [1.29, 1.82) is 0 Å². The van der Waals surface area contributed by atoms with E-state index < -0.39 is 17.5 Å². The van der Waals surface area contributed by atoms with Crippen LogP contribution in [-0.2, 0) is 4.79 Å². The summed E-state index contributed by atoms with van der Waals surface area (Å²) >= 11 is 0. The van der Waals surface area contributed by atoms with Gasteiger partial charge in [0, 0.05) is 36.2 Å². The molecule has 34 heavy (non-hydrogen) atoms. The number of nitrogens with one attached hydrogen (secondary N) is 1. The molecule has 0 bridgehead atoms. The molecule has 0 fully saturated rings. The molecule has 1 aromatic heterocycles. The third-order valence-corrected chi connectivity index (χ3v) is 5.29. The third kappa shape index (κ3) is 5.25. The highest BCUT2D eigenvalue weighted by atomic mass is 16.5. The molecule has 0 radical (unpaired) electrons. The van der Waals surface area contributed by atoms with E-state index in [4.69, 9.17) is 23.4 Å². The molecule has 1 amide bonds. The van der Waals surface area contributed by atoms with E-state index in [0.717, 1.165) is 0 Å². The Morgan fingerprint density at radius 2 is 1.59 bits per heavy atom. The van der Waals surface area contributed by atoms with Gasteiger partial charge in [-0.15, -0.1) is 0 Å². The quantitative estimate of drug-likeness (QED) is 0.485. The summed E-state index contributed by atoms with van der Waals surface area (Å²) in [4.78, 5) is 25.7. The lowest BCUT2D eigenvalue weighted by atomic mass is 9.88. The number of hydrogen-bond donors (Lipinski definition) is 2. The monoisotopic (exact) mass is 469 g/mol. The molecule has 3 aromatic rings. The molecule has 0 saturated heterocycles. The first-order valence-electron chi connectivity index (χ1n) is 10.4. The fourth-order valence-corrected chi connectivity index (χ4v) is 3.70. The van der Waals surface area contributed by atoms with E-state index in [1.54, 1.807) is 43.3 Å². The molecule has 1 atom stereocenters. The summed E-state index contributed by atoms with van der Waals surface area (Å²) in [7, 11) is 5.97. The first kappa shape index (κ1) is 24.5. The van der Waals surface area contributed by atoms with Gasteiger partial charge in [0.2, 0.25) is 11.7 Å². The van der Waals surface area contributed by atoms with E-state index in [2.05, 4.69) is 5.32 Å². The van der Waals surface area contributed by atoms with Crippen LogP contribution in [0.3, 0.4) is 0 Å². The zero-order valence-electron chi connectivity index (χ0n) is 19.6. The van der Waals surface area contributed by atoms with E-state index in [1.807, 2.05) is 0 Å². The van der Waals surface area contributed by atoms with Crippen molar-refractivity contribution in [2.45, 2.75) is 19.3 Å². The van der Waals surface area contributed by atoms with Crippen LogP contribution in [0.1, 0.15) is 29.2 Å². The summed E-state index contributed by atoms with van der Waals surface area (Å²) < 4.78 is 26.4. The molecule has 9 heteroatoms. The first-order valence-corrected chi connectivity index (χ1v) is 10.4. The lowest BCUT2D eigenvalue weighted by Crippen LogP contribution is -2.21. The summed E-state index contributed by atoms with van der Waals surface area (Å²) in [5, 5.41) is 13.3. The molecular formula is C25H27NO8. The summed E-state index contributed by atoms with van der Waals surface area (Å²) in [6.07, 6.45) is -0.148. The van der Waals surface area contributed by atoms with Crippen LogP contribution in [0.4, 0.5) is 5.69 Å². The van der Waals surface area contributed by atoms with Gasteiger partial charge in [-0.2, -0.15) is 0 Å². The maximum Gasteiger partial charge on any atom is 0.343 e. The standard InChI is InChI=1S/C25H27NO8/c1-14-10-19(27)23(25(29)34-14)18(15-6-8-17(30-2)9-7-15)13-22(28)26-16-11-20(31-3)24(33-5)21(12-16)32-4/h6-12,18,27H,13H2,1-5H3,(H,26,28)/t18-/m1/s1. The Kier molecular flexibility index (Phi) is 7.68. The van der Waals surface area contributed by atoms with Crippen molar-refractivity contribution in [2.24, 2.45) is 0 Å². The minimum Gasteiger partial charge on any atom is -0.507 e. The number of anilines is 1. The molecule has 0 aliphatic heterocycles. The van der Waals surface area contributed by atoms with Crippen LogP contribution in [0.25, 0.3) is 0 Å². The van der Waals surface area contributed by atoms with E-state index >= 15 is 0 Å². The lowest BCUT2D eigenvalue weighted by Gasteiger charge is -2.19. The zero-order chi connectivity index (χ0) is 24.8. The third-order valence-electron chi connectivity index (χ3n) is 5.29. The number of benzene rings is 2.